The van der Waals surface area contributed by atoms with Gasteiger partial charge in [-0.2, -0.15) is 23.5 Å². The summed E-state index contributed by atoms with van der Waals surface area (Å²) in [4.78, 5) is 0. The van der Waals surface area contributed by atoms with Crippen molar-refractivity contribution in [3.8, 4) is 11.5 Å². The molecule has 2 heterocycles. The lowest BCUT2D eigenvalue weighted by atomic mass is 10.1. The zero-order valence-corrected chi connectivity index (χ0v) is 14.1. The zero-order valence-electron chi connectivity index (χ0n) is 12.4. The molecule has 2 aliphatic heterocycles. The van der Waals surface area contributed by atoms with E-state index in [0.29, 0.717) is 22.0 Å². The van der Waals surface area contributed by atoms with Gasteiger partial charge in [0.1, 0.15) is 23.1 Å². The molecule has 120 valence electrons. The van der Waals surface area contributed by atoms with E-state index in [0.717, 1.165) is 35.5 Å². The highest BCUT2D eigenvalue weighted by molar-refractivity contribution is 8.07. The Kier molecular flexibility index (Phi) is 4.24. The van der Waals surface area contributed by atoms with E-state index in [2.05, 4.69) is 0 Å². The maximum Gasteiger partial charge on any atom is 0.130 e. The van der Waals surface area contributed by atoms with Gasteiger partial charge in [-0.25, -0.2) is 8.78 Å². The van der Waals surface area contributed by atoms with Crippen LogP contribution in [0, 0.1) is 11.6 Å². The molecule has 1 nitrogen and oxygen atoms in total. The molecular weight excluding hydrogens is 334 g/mol. The van der Waals surface area contributed by atoms with E-state index in [9.17, 15) is 8.78 Å². The van der Waals surface area contributed by atoms with Crippen molar-refractivity contribution in [3.05, 3.63) is 59.2 Å². The Morgan fingerprint density at radius 1 is 0.826 bits per heavy atom. The molecule has 23 heavy (non-hydrogen) atoms. The molecule has 0 spiro atoms. The molecule has 0 aliphatic carbocycles. The molecule has 0 N–H and O–H groups in total. The predicted molar refractivity (Wildman–Crippen MR) is 92.8 cm³/mol. The summed E-state index contributed by atoms with van der Waals surface area (Å²) in [6.45, 7) is 0. The lowest BCUT2D eigenvalue weighted by Crippen LogP contribution is -2.01. The van der Waals surface area contributed by atoms with Crippen molar-refractivity contribution in [2.24, 2.45) is 0 Å². The van der Waals surface area contributed by atoms with Crippen LogP contribution in [0.15, 0.2) is 36.4 Å². The smallest absolute Gasteiger partial charge is 0.130 e. The maximum absolute atomic E-state index is 13.6. The fourth-order valence-electron chi connectivity index (χ4n) is 2.60. The summed E-state index contributed by atoms with van der Waals surface area (Å²) in [5, 5.41) is 1.13. The lowest BCUT2D eigenvalue weighted by molar-refractivity contribution is 0.465. The molecule has 2 fully saturated rings. The second kappa shape index (κ2) is 6.36. The highest BCUT2D eigenvalue weighted by Gasteiger charge is 2.26. The Bertz CT molecular complexity index is 665. The normalized spacial score (nSPS) is 22.0. The molecule has 0 aromatic heterocycles. The largest absolute Gasteiger partial charge is 0.457 e. The first-order chi connectivity index (χ1) is 11.2. The van der Waals surface area contributed by atoms with Gasteiger partial charge in [0.15, 0.2) is 0 Å². The molecular formula is C18H16F2OS2. The van der Waals surface area contributed by atoms with Crippen LogP contribution in [0.2, 0.25) is 0 Å². The van der Waals surface area contributed by atoms with Gasteiger partial charge in [0.2, 0.25) is 0 Å². The van der Waals surface area contributed by atoms with Gasteiger partial charge in [0.25, 0.3) is 0 Å². The fraction of sp³-hybridized carbons (Fsp3) is 0.333. The number of thioether (sulfide) groups is 2. The van der Waals surface area contributed by atoms with Crippen LogP contribution in [0.1, 0.15) is 11.1 Å². The van der Waals surface area contributed by atoms with Crippen LogP contribution in [0.25, 0.3) is 0 Å². The molecule has 0 unspecified atom stereocenters. The fourth-order valence-corrected chi connectivity index (χ4v) is 3.70. The van der Waals surface area contributed by atoms with E-state index in [1.807, 2.05) is 23.5 Å². The quantitative estimate of drug-likeness (QED) is 0.673. The van der Waals surface area contributed by atoms with Gasteiger partial charge >= 0.3 is 0 Å². The van der Waals surface area contributed by atoms with Gasteiger partial charge < -0.3 is 4.74 Å². The summed E-state index contributed by atoms with van der Waals surface area (Å²) < 4.78 is 33.2. The summed E-state index contributed by atoms with van der Waals surface area (Å²) in [5.74, 6) is 3.11. The first-order valence-electron chi connectivity index (χ1n) is 7.65. The predicted octanol–water partition coefficient (Wildman–Crippen LogP) is 5.07. The van der Waals surface area contributed by atoms with E-state index >= 15 is 0 Å². The molecule has 2 aromatic carbocycles. The minimum Gasteiger partial charge on any atom is -0.457 e. The Hall–Kier alpha value is -1.20. The standard InChI is InChI=1S/C18H16F2OS2/c19-13-1-3-17(11(5-13)7-15-9-22-15)21-18-4-2-14(20)6-12(18)8-16-10-23-16/h1-6,15-16H,7-10H2/t15-,16-/m1/s1. The number of ether oxygens (including phenoxy) is 1. The third-order valence-electron chi connectivity index (χ3n) is 3.96. The van der Waals surface area contributed by atoms with Gasteiger partial charge in [-0.15, -0.1) is 0 Å². The van der Waals surface area contributed by atoms with Gasteiger partial charge in [-0.3, -0.25) is 0 Å². The zero-order chi connectivity index (χ0) is 15.8. The monoisotopic (exact) mass is 350 g/mol. The number of hydrogen-bond acceptors (Lipinski definition) is 3. The second-order valence-electron chi connectivity index (χ2n) is 5.93. The van der Waals surface area contributed by atoms with Gasteiger partial charge in [0.05, 0.1) is 0 Å². The van der Waals surface area contributed by atoms with Crippen LogP contribution < -0.4 is 4.74 Å². The molecule has 5 heteroatoms. The third-order valence-corrected chi connectivity index (χ3v) is 5.91. The molecule has 2 aromatic rings. The summed E-state index contributed by atoms with van der Waals surface area (Å²) in [7, 11) is 0. The molecule has 0 bridgehead atoms. The van der Waals surface area contributed by atoms with Crippen LogP contribution in [-0.4, -0.2) is 22.0 Å². The van der Waals surface area contributed by atoms with Crippen molar-refractivity contribution in [1.82, 2.24) is 0 Å². The number of benzene rings is 2. The second-order valence-corrected chi connectivity index (χ2v) is 8.59. The molecule has 0 amide bonds. The Balaban J connectivity index is 1.61. The maximum atomic E-state index is 13.6. The molecule has 2 saturated heterocycles. The van der Waals surface area contributed by atoms with E-state index in [-0.39, 0.29) is 11.6 Å². The lowest BCUT2D eigenvalue weighted by Gasteiger charge is -2.14. The van der Waals surface area contributed by atoms with Crippen molar-refractivity contribution in [2.45, 2.75) is 23.3 Å². The average molecular weight is 350 g/mol. The van der Waals surface area contributed by atoms with Crippen molar-refractivity contribution in [1.29, 1.82) is 0 Å². The first kappa shape index (κ1) is 15.3. The molecule has 4 rings (SSSR count). The topological polar surface area (TPSA) is 9.23 Å². The van der Waals surface area contributed by atoms with E-state index in [1.54, 1.807) is 24.3 Å². The first-order valence-corrected chi connectivity index (χ1v) is 9.75. The summed E-state index contributed by atoms with van der Waals surface area (Å²) in [5.41, 5.74) is 1.77. The average Bonchev–Trinajstić information content (AvgIpc) is 3.40. The van der Waals surface area contributed by atoms with E-state index in [1.165, 1.54) is 12.1 Å². The highest BCUT2D eigenvalue weighted by Crippen LogP contribution is 2.39. The molecule has 0 saturated carbocycles. The van der Waals surface area contributed by atoms with Crippen molar-refractivity contribution in [2.75, 3.05) is 11.5 Å². The summed E-state index contributed by atoms with van der Waals surface area (Å²) >= 11 is 3.75. The molecule has 0 radical (unpaired) electrons. The Labute approximate surface area is 142 Å². The SMILES string of the molecule is Fc1ccc(Oc2ccc(F)cc2C[C@@H]2CS2)c(C[C@@H]2CS2)c1. The molecule has 2 atom stereocenters. The summed E-state index contributed by atoms with van der Waals surface area (Å²) in [6, 6.07) is 9.29. The number of halogens is 2. The van der Waals surface area contributed by atoms with E-state index < -0.39 is 0 Å². The third kappa shape index (κ3) is 4.01. The van der Waals surface area contributed by atoms with Gasteiger partial charge in [0, 0.05) is 22.0 Å². The van der Waals surface area contributed by atoms with Crippen molar-refractivity contribution < 1.29 is 13.5 Å². The highest BCUT2D eigenvalue weighted by atomic mass is 32.2. The van der Waals surface area contributed by atoms with E-state index in [4.69, 9.17) is 4.74 Å². The summed E-state index contributed by atoms with van der Waals surface area (Å²) in [6.07, 6.45) is 1.62. The number of hydrogen-bond donors (Lipinski definition) is 0. The Morgan fingerprint density at radius 3 is 1.65 bits per heavy atom. The van der Waals surface area contributed by atoms with Gasteiger partial charge in [-0.1, -0.05) is 0 Å². The Morgan fingerprint density at radius 2 is 1.26 bits per heavy atom. The molecule has 2 aliphatic rings. The van der Waals surface area contributed by atoms with Crippen LogP contribution in [0.4, 0.5) is 8.78 Å². The van der Waals surface area contributed by atoms with Crippen molar-refractivity contribution in [3.63, 3.8) is 0 Å². The van der Waals surface area contributed by atoms with Crippen molar-refractivity contribution >= 4 is 23.5 Å². The van der Waals surface area contributed by atoms with Crippen LogP contribution in [0.5, 0.6) is 11.5 Å². The minimum absolute atomic E-state index is 0.244. The minimum atomic E-state index is -0.244. The van der Waals surface area contributed by atoms with Crippen LogP contribution in [0.3, 0.4) is 0 Å². The van der Waals surface area contributed by atoms with Crippen LogP contribution in [-0.2, 0) is 12.8 Å². The van der Waals surface area contributed by atoms with Gasteiger partial charge in [-0.05, 0) is 60.4 Å². The number of rotatable bonds is 6. The van der Waals surface area contributed by atoms with Crippen LogP contribution >= 0.6 is 23.5 Å².